The third-order valence-corrected chi connectivity index (χ3v) is 9.55. The summed E-state index contributed by atoms with van der Waals surface area (Å²) in [5.41, 5.74) is 0.458. The van der Waals surface area contributed by atoms with Crippen molar-refractivity contribution >= 4 is 5.78 Å². The van der Waals surface area contributed by atoms with Crippen LogP contribution >= 0.6 is 0 Å². The van der Waals surface area contributed by atoms with Gasteiger partial charge in [0.15, 0.2) is 0 Å². The number of fused-ring (bicyclic) bond motifs is 4. The zero-order valence-corrected chi connectivity index (χ0v) is 15.4. The monoisotopic (exact) mass is 332 g/mol. The minimum atomic E-state index is -0.165. The molecule has 3 heteroatoms. The second kappa shape index (κ2) is 4.65. The van der Waals surface area contributed by atoms with Crippen LogP contribution in [0.2, 0.25) is 0 Å². The summed E-state index contributed by atoms with van der Waals surface area (Å²) in [7, 11) is 0. The van der Waals surface area contributed by atoms with E-state index in [1.165, 1.54) is 25.7 Å². The highest BCUT2D eigenvalue weighted by Gasteiger charge is 2.76. The molecule has 0 radical (unpaired) electrons. The fourth-order valence-electron chi connectivity index (χ4n) is 8.33. The highest BCUT2D eigenvalue weighted by molar-refractivity contribution is 5.79. The molecule has 0 amide bonds. The summed E-state index contributed by atoms with van der Waals surface area (Å²) in [6.45, 7) is 6.69. The summed E-state index contributed by atoms with van der Waals surface area (Å²) >= 11 is 0. The molecule has 4 saturated carbocycles. The first-order valence-corrected chi connectivity index (χ1v) is 10.2. The van der Waals surface area contributed by atoms with Crippen LogP contribution in [0.1, 0.15) is 72.1 Å². The van der Waals surface area contributed by atoms with E-state index in [1.54, 1.807) is 0 Å². The molecule has 9 atom stereocenters. The van der Waals surface area contributed by atoms with Gasteiger partial charge in [-0.15, -0.1) is 0 Å². The SMILES string of the molecule is CC(=O)C1CC[C@H]2[C@@H]3C[C@@H]4O[C@@]45CC(O)CC[C@]5(C)[C@H]3CC[C@]12C. The van der Waals surface area contributed by atoms with E-state index >= 15 is 0 Å². The minimum absolute atomic E-state index is 0.0157. The van der Waals surface area contributed by atoms with Crippen molar-refractivity contribution in [1.29, 1.82) is 0 Å². The van der Waals surface area contributed by atoms with Crippen molar-refractivity contribution in [2.24, 2.45) is 34.5 Å². The molecule has 0 aromatic rings. The summed E-state index contributed by atoms with van der Waals surface area (Å²) in [5, 5.41) is 10.2. The lowest BCUT2D eigenvalue weighted by Gasteiger charge is -2.59. The highest BCUT2D eigenvalue weighted by Crippen LogP contribution is 2.73. The number of carbonyl (C=O) groups excluding carboxylic acids is 1. The first kappa shape index (κ1) is 15.8. The molecule has 1 N–H and O–H groups in total. The Morgan fingerprint density at radius 1 is 1.08 bits per heavy atom. The lowest BCUT2D eigenvalue weighted by Crippen LogP contribution is -2.58. The standard InChI is InChI=1S/C21H32O3/c1-12(22)15-4-5-16-14-10-18-21(24-18)11-13(23)6-9-20(21,3)17(14)7-8-19(15,16)2/h13-18,23H,4-11H2,1-3H3/t13?,14-,15?,16-,17-,18-,19+,20+,21-/m0/s1. The number of epoxide rings is 1. The maximum absolute atomic E-state index is 12.2. The largest absolute Gasteiger partial charge is 0.393 e. The Labute approximate surface area is 145 Å². The van der Waals surface area contributed by atoms with Crippen molar-refractivity contribution in [2.45, 2.75) is 89.9 Å². The molecular formula is C21H32O3. The van der Waals surface area contributed by atoms with E-state index in [-0.39, 0.29) is 28.5 Å². The molecule has 2 unspecified atom stereocenters. The molecule has 1 heterocycles. The van der Waals surface area contributed by atoms with Crippen molar-refractivity contribution < 1.29 is 14.6 Å². The van der Waals surface area contributed by atoms with Crippen molar-refractivity contribution in [1.82, 2.24) is 0 Å². The van der Waals surface area contributed by atoms with Crippen LogP contribution in [0.25, 0.3) is 0 Å². The number of aliphatic hydroxyl groups is 1. The molecule has 1 spiro atoms. The van der Waals surface area contributed by atoms with Crippen molar-refractivity contribution in [3.8, 4) is 0 Å². The third-order valence-electron chi connectivity index (χ3n) is 9.55. The van der Waals surface area contributed by atoms with Gasteiger partial charge in [0.05, 0.1) is 12.2 Å². The first-order valence-electron chi connectivity index (χ1n) is 10.2. The molecule has 5 fully saturated rings. The Bertz CT molecular complexity index is 588. The van der Waals surface area contributed by atoms with Gasteiger partial charge in [-0.05, 0) is 75.0 Å². The average molecular weight is 332 g/mol. The summed E-state index contributed by atoms with van der Waals surface area (Å²) in [6, 6.07) is 0. The molecule has 24 heavy (non-hydrogen) atoms. The summed E-state index contributed by atoms with van der Waals surface area (Å²) in [4.78, 5) is 12.2. The van der Waals surface area contributed by atoms with E-state index in [2.05, 4.69) is 13.8 Å². The van der Waals surface area contributed by atoms with E-state index in [0.717, 1.165) is 37.5 Å². The van der Waals surface area contributed by atoms with Crippen LogP contribution in [-0.2, 0) is 9.53 Å². The number of Topliss-reactive ketones (excluding diaryl/α,β-unsaturated/α-hetero) is 1. The van der Waals surface area contributed by atoms with Gasteiger partial charge in [0, 0.05) is 17.8 Å². The van der Waals surface area contributed by atoms with Crippen LogP contribution in [0.15, 0.2) is 0 Å². The second-order valence-electron chi connectivity index (χ2n) is 10.2. The predicted octanol–water partition coefficient (Wildman–Crippen LogP) is 3.73. The normalized spacial score (nSPS) is 61.3. The molecule has 0 bridgehead atoms. The number of ketones is 1. The molecule has 5 rings (SSSR count). The topological polar surface area (TPSA) is 49.8 Å². The fourth-order valence-corrected chi connectivity index (χ4v) is 8.33. The Morgan fingerprint density at radius 2 is 1.88 bits per heavy atom. The average Bonchev–Trinajstić information content (AvgIpc) is 3.08. The van der Waals surface area contributed by atoms with Gasteiger partial charge < -0.3 is 9.84 Å². The van der Waals surface area contributed by atoms with Crippen molar-refractivity contribution in [2.75, 3.05) is 0 Å². The van der Waals surface area contributed by atoms with E-state index in [1.807, 2.05) is 6.92 Å². The van der Waals surface area contributed by atoms with Gasteiger partial charge in [0.2, 0.25) is 0 Å². The molecule has 0 aromatic heterocycles. The minimum Gasteiger partial charge on any atom is -0.393 e. The van der Waals surface area contributed by atoms with Gasteiger partial charge in [-0.1, -0.05) is 13.8 Å². The van der Waals surface area contributed by atoms with Crippen molar-refractivity contribution in [3.05, 3.63) is 0 Å². The van der Waals surface area contributed by atoms with Gasteiger partial charge in [0.1, 0.15) is 11.4 Å². The number of rotatable bonds is 1. The maximum Gasteiger partial charge on any atom is 0.133 e. The Hall–Kier alpha value is -0.410. The van der Waals surface area contributed by atoms with E-state index < -0.39 is 0 Å². The zero-order chi connectivity index (χ0) is 16.9. The van der Waals surface area contributed by atoms with Crippen LogP contribution in [-0.4, -0.2) is 28.7 Å². The number of hydrogen-bond donors (Lipinski definition) is 1. The molecular weight excluding hydrogens is 300 g/mol. The highest BCUT2D eigenvalue weighted by atomic mass is 16.6. The van der Waals surface area contributed by atoms with Crippen LogP contribution in [0, 0.1) is 34.5 Å². The summed E-state index contributed by atoms with van der Waals surface area (Å²) in [5.74, 6) is 2.87. The maximum atomic E-state index is 12.2. The molecule has 134 valence electrons. The zero-order valence-electron chi connectivity index (χ0n) is 15.4. The molecule has 3 nitrogen and oxygen atoms in total. The van der Waals surface area contributed by atoms with Gasteiger partial charge in [-0.25, -0.2) is 0 Å². The van der Waals surface area contributed by atoms with Crippen LogP contribution in [0.4, 0.5) is 0 Å². The van der Waals surface area contributed by atoms with E-state index in [4.69, 9.17) is 4.74 Å². The Morgan fingerprint density at radius 3 is 2.62 bits per heavy atom. The molecule has 1 saturated heterocycles. The number of carbonyl (C=O) groups is 1. The predicted molar refractivity (Wildman–Crippen MR) is 91.4 cm³/mol. The number of aliphatic hydroxyl groups excluding tert-OH is 1. The molecule has 4 aliphatic carbocycles. The lowest BCUT2D eigenvalue weighted by atomic mass is 9.44. The van der Waals surface area contributed by atoms with Crippen LogP contribution < -0.4 is 0 Å². The van der Waals surface area contributed by atoms with Gasteiger partial charge in [-0.2, -0.15) is 0 Å². The lowest BCUT2D eigenvalue weighted by molar-refractivity contribution is -0.133. The first-order chi connectivity index (χ1) is 11.3. The number of hydrogen-bond acceptors (Lipinski definition) is 3. The van der Waals surface area contributed by atoms with Gasteiger partial charge >= 0.3 is 0 Å². The van der Waals surface area contributed by atoms with Crippen LogP contribution in [0.3, 0.4) is 0 Å². The molecule has 5 aliphatic rings. The van der Waals surface area contributed by atoms with E-state index in [0.29, 0.717) is 17.8 Å². The van der Waals surface area contributed by atoms with E-state index in [9.17, 15) is 9.90 Å². The fraction of sp³-hybridized carbons (Fsp3) is 0.952. The third kappa shape index (κ3) is 1.69. The summed E-state index contributed by atoms with van der Waals surface area (Å²) in [6.07, 6.45) is 9.10. The van der Waals surface area contributed by atoms with Crippen LogP contribution in [0.5, 0.6) is 0 Å². The van der Waals surface area contributed by atoms with Gasteiger partial charge in [0.25, 0.3) is 0 Å². The number of ether oxygens (including phenoxy) is 1. The second-order valence-corrected chi connectivity index (χ2v) is 10.2. The molecule has 1 aliphatic heterocycles. The smallest absolute Gasteiger partial charge is 0.133 e. The molecule has 0 aromatic carbocycles. The Kier molecular flexibility index (Phi) is 3.06. The summed E-state index contributed by atoms with van der Waals surface area (Å²) < 4.78 is 6.36. The van der Waals surface area contributed by atoms with Crippen molar-refractivity contribution in [3.63, 3.8) is 0 Å². The van der Waals surface area contributed by atoms with Gasteiger partial charge in [-0.3, -0.25) is 4.79 Å². The quantitative estimate of drug-likeness (QED) is 0.745. The Balaban J connectivity index is 1.49.